The van der Waals surface area contributed by atoms with E-state index in [1.54, 1.807) is 0 Å². The Morgan fingerprint density at radius 3 is 3.00 bits per heavy atom. The topological polar surface area (TPSA) is 39.6 Å². The van der Waals surface area contributed by atoms with E-state index in [1.165, 1.54) is 0 Å². The lowest BCUT2D eigenvalue weighted by Gasteiger charge is -1.90. The standard InChI is InChI=1S/C10H8N2/c1-7-5-8-3-2-4-9(6-11)10(8)12-7/h2-5,12H,1H3. The van der Waals surface area contributed by atoms with E-state index in [4.69, 9.17) is 5.26 Å². The van der Waals surface area contributed by atoms with Crippen molar-refractivity contribution in [3.05, 3.63) is 35.5 Å². The summed E-state index contributed by atoms with van der Waals surface area (Å²) < 4.78 is 0. The fourth-order valence-corrected chi connectivity index (χ4v) is 1.39. The maximum absolute atomic E-state index is 8.77. The van der Waals surface area contributed by atoms with Crippen molar-refractivity contribution in [1.82, 2.24) is 4.98 Å². The molecule has 0 amide bonds. The van der Waals surface area contributed by atoms with Gasteiger partial charge in [0, 0.05) is 11.1 Å². The molecular formula is C10H8N2. The quantitative estimate of drug-likeness (QED) is 0.624. The SMILES string of the molecule is Cc1cc2cccc(C#N)c2[nH]1. The minimum atomic E-state index is 0.709. The third kappa shape index (κ3) is 0.876. The molecule has 0 fully saturated rings. The fraction of sp³-hybridized carbons (Fsp3) is 0.100. The zero-order chi connectivity index (χ0) is 8.55. The van der Waals surface area contributed by atoms with Crippen LogP contribution in [0.5, 0.6) is 0 Å². The molecule has 0 radical (unpaired) electrons. The minimum absolute atomic E-state index is 0.709. The zero-order valence-corrected chi connectivity index (χ0v) is 6.76. The average molecular weight is 156 g/mol. The zero-order valence-electron chi connectivity index (χ0n) is 6.76. The summed E-state index contributed by atoms with van der Waals surface area (Å²) in [4.78, 5) is 3.16. The van der Waals surface area contributed by atoms with Gasteiger partial charge in [0.05, 0.1) is 11.1 Å². The molecule has 1 heterocycles. The Balaban J connectivity index is 2.89. The van der Waals surface area contributed by atoms with Gasteiger partial charge in [0.2, 0.25) is 0 Å². The number of nitriles is 1. The summed E-state index contributed by atoms with van der Waals surface area (Å²) >= 11 is 0. The number of benzene rings is 1. The van der Waals surface area contributed by atoms with E-state index >= 15 is 0 Å². The second-order valence-corrected chi connectivity index (χ2v) is 2.83. The lowest BCUT2D eigenvalue weighted by molar-refractivity contribution is 1.30. The van der Waals surface area contributed by atoms with Gasteiger partial charge in [0.25, 0.3) is 0 Å². The summed E-state index contributed by atoms with van der Waals surface area (Å²) in [6, 6.07) is 9.90. The molecule has 12 heavy (non-hydrogen) atoms. The van der Waals surface area contributed by atoms with Crippen molar-refractivity contribution in [2.45, 2.75) is 6.92 Å². The number of hydrogen-bond acceptors (Lipinski definition) is 1. The summed E-state index contributed by atoms with van der Waals surface area (Å²) in [6.45, 7) is 1.99. The van der Waals surface area contributed by atoms with Gasteiger partial charge in [0.15, 0.2) is 0 Å². The summed E-state index contributed by atoms with van der Waals surface area (Å²) in [6.07, 6.45) is 0. The molecular weight excluding hydrogens is 148 g/mol. The van der Waals surface area contributed by atoms with E-state index in [-0.39, 0.29) is 0 Å². The van der Waals surface area contributed by atoms with Crippen molar-refractivity contribution in [2.75, 3.05) is 0 Å². The highest BCUT2D eigenvalue weighted by Gasteiger charge is 2.00. The van der Waals surface area contributed by atoms with Gasteiger partial charge in [-0.2, -0.15) is 5.26 Å². The van der Waals surface area contributed by atoms with Gasteiger partial charge in [0.1, 0.15) is 6.07 Å². The molecule has 2 rings (SSSR count). The molecule has 1 aromatic heterocycles. The van der Waals surface area contributed by atoms with Crippen LogP contribution in [0.25, 0.3) is 10.9 Å². The monoisotopic (exact) mass is 156 g/mol. The Hall–Kier alpha value is -1.75. The average Bonchev–Trinajstić information content (AvgIpc) is 2.44. The van der Waals surface area contributed by atoms with Crippen LogP contribution in [0.15, 0.2) is 24.3 Å². The van der Waals surface area contributed by atoms with Crippen molar-refractivity contribution in [3.63, 3.8) is 0 Å². The molecule has 0 aliphatic rings. The van der Waals surface area contributed by atoms with E-state index < -0.39 is 0 Å². The number of aromatic nitrogens is 1. The van der Waals surface area contributed by atoms with Crippen LogP contribution in [-0.2, 0) is 0 Å². The molecule has 0 saturated carbocycles. The van der Waals surface area contributed by atoms with Crippen LogP contribution in [-0.4, -0.2) is 4.98 Å². The van der Waals surface area contributed by atoms with Crippen LogP contribution in [0.2, 0.25) is 0 Å². The number of nitrogens with one attached hydrogen (secondary N) is 1. The minimum Gasteiger partial charge on any atom is -0.358 e. The first-order chi connectivity index (χ1) is 5.81. The third-order valence-corrected chi connectivity index (χ3v) is 1.91. The first-order valence-corrected chi connectivity index (χ1v) is 3.79. The predicted octanol–water partition coefficient (Wildman–Crippen LogP) is 2.35. The highest BCUT2D eigenvalue weighted by Crippen LogP contribution is 2.17. The van der Waals surface area contributed by atoms with Gasteiger partial charge in [-0.25, -0.2) is 0 Å². The Labute approximate surface area is 70.4 Å². The predicted molar refractivity (Wildman–Crippen MR) is 47.8 cm³/mol. The Morgan fingerprint density at radius 1 is 1.42 bits per heavy atom. The van der Waals surface area contributed by atoms with Gasteiger partial charge < -0.3 is 4.98 Å². The highest BCUT2D eigenvalue weighted by atomic mass is 14.7. The van der Waals surface area contributed by atoms with Crippen LogP contribution in [0.4, 0.5) is 0 Å². The molecule has 1 aromatic carbocycles. The maximum Gasteiger partial charge on any atom is 0.101 e. The van der Waals surface area contributed by atoms with Gasteiger partial charge >= 0.3 is 0 Å². The van der Waals surface area contributed by atoms with Crippen molar-refractivity contribution in [1.29, 1.82) is 5.26 Å². The van der Waals surface area contributed by atoms with Gasteiger partial charge in [-0.1, -0.05) is 12.1 Å². The number of hydrogen-bond donors (Lipinski definition) is 1. The molecule has 0 aliphatic carbocycles. The van der Waals surface area contributed by atoms with Crippen LogP contribution in [0.1, 0.15) is 11.3 Å². The number of nitrogens with zero attached hydrogens (tertiary/aromatic N) is 1. The van der Waals surface area contributed by atoms with Gasteiger partial charge in [-0.05, 0) is 19.1 Å². The molecule has 0 atom stereocenters. The lowest BCUT2D eigenvalue weighted by Crippen LogP contribution is -1.76. The van der Waals surface area contributed by atoms with E-state index in [2.05, 4.69) is 11.1 Å². The molecule has 2 aromatic rings. The van der Waals surface area contributed by atoms with Crippen molar-refractivity contribution >= 4 is 10.9 Å². The number of para-hydroxylation sites is 1. The molecule has 0 spiro atoms. The second kappa shape index (κ2) is 2.38. The first-order valence-electron chi connectivity index (χ1n) is 3.79. The summed E-state index contributed by atoms with van der Waals surface area (Å²) in [5.74, 6) is 0. The fourth-order valence-electron chi connectivity index (χ4n) is 1.39. The molecule has 2 nitrogen and oxygen atoms in total. The molecule has 0 saturated heterocycles. The van der Waals surface area contributed by atoms with E-state index in [1.807, 2.05) is 31.2 Å². The smallest absolute Gasteiger partial charge is 0.101 e. The summed E-state index contributed by atoms with van der Waals surface area (Å²) in [5, 5.41) is 9.88. The number of aromatic amines is 1. The van der Waals surface area contributed by atoms with Crippen LogP contribution >= 0.6 is 0 Å². The molecule has 0 unspecified atom stereocenters. The highest BCUT2D eigenvalue weighted by molar-refractivity contribution is 5.85. The number of fused-ring (bicyclic) bond motifs is 1. The molecule has 0 aliphatic heterocycles. The van der Waals surface area contributed by atoms with Gasteiger partial charge in [-0.15, -0.1) is 0 Å². The Kier molecular flexibility index (Phi) is 1.38. The van der Waals surface area contributed by atoms with E-state index in [9.17, 15) is 0 Å². The number of H-pyrrole nitrogens is 1. The van der Waals surface area contributed by atoms with Crippen LogP contribution in [0, 0.1) is 18.3 Å². The number of rotatable bonds is 0. The first kappa shape index (κ1) is 6.93. The van der Waals surface area contributed by atoms with Crippen LogP contribution in [0.3, 0.4) is 0 Å². The maximum atomic E-state index is 8.77. The van der Waals surface area contributed by atoms with E-state index in [0.717, 1.165) is 16.6 Å². The van der Waals surface area contributed by atoms with E-state index in [0.29, 0.717) is 5.56 Å². The van der Waals surface area contributed by atoms with Crippen molar-refractivity contribution in [2.24, 2.45) is 0 Å². The second-order valence-electron chi connectivity index (χ2n) is 2.83. The molecule has 2 heteroatoms. The molecule has 1 N–H and O–H groups in total. The Morgan fingerprint density at radius 2 is 2.25 bits per heavy atom. The summed E-state index contributed by atoms with van der Waals surface area (Å²) in [5.41, 5.74) is 2.74. The Bertz CT molecular complexity index is 460. The van der Waals surface area contributed by atoms with Gasteiger partial charge in [-0.3, -0.25) is 0 Å². The van der Waals surface area contributed by atoms with Crippen molar-refractivity contribution < 1.29 is 0 Å². The number of aryl methyl sites for hydroxylation is 1. The molecule has 0 bridgehead atoms. The van der Waals surface area contributed by atoms with Crippen molar-refractivity contribution in [3.8, 4) is 6.07 Å². The summed E-state index contributed by atoms with van der Waals surface area (Å²) in [7, 11) is 0. The third-order valence-electron chi connectivity index (χ3n) is 1.91. The molecule has 58 valence electrons. The van der Waals surface area contributed by atoms with Crippen LogP contribution < -0.4 is 0 Å². The lowest BCUT2D eigenvalue weighted by atomic mass is 10.2. The normalized spacial score (nSPS) is 10.0. The largest absolute Gasteiger partial charge is 0.358 e.